The quantitative estimate of drug-likeness (QED) is 0.777. The zero-order chi connectivity index (χ0) is 14.3. The number of nitrogens with zero attached hydrogens (tertiary/aromatic N) is 2. The van der Waals surface area contributed by atoms with Crippen molar-refractivity contribution < 1.29 is 9.59 Å². The fourth-order valence-electron chi connectivity index (χ4n) is 4.23. The van der Waals surface area contributed by atoms with Crippen molar-refractivity contribution in [2.75, 3.05) is 13.1 Å². The molecule has 2 aliphatic heterocycles. The summed E-state index contributed by atoms with van der Waals surface area (Å²) < 4.78 is 0. The fraction of sp³-hybridized carbons (Fsp3) is 0.875. The third-order valence-electron chi connectivity index (χ3n) is 5.54. The van der Waals surface area contributed by atoms with Crippen LogP contribution < -0.4 is 0 Å². The SMILES string of the molecule is CC1C(=O)N2CCCC2C(=O)N1CC1(C)CCCCC1. The van der Waals surface area contributed by atoms with Gasteiger partial charge in [-0.15, -0.1) is 0 Å². The Morgan fingerprint density at radius 1 is 1.10 bits per heavy atom. The molecule has 112 valence electrons. The minimum Gasteiger partial charge on any atom is -0.329 e. The Hall–Kier alpha value is -1.06. The maximum Gasteiger partial charge on any atom is 0.246 e. The van der Waals surface area contributed by atoms with Gasteiger partial charge in [0.2, 0.25) is 11.8 Å². The highest BCUT2D eigenvalue weighted by molar-refractivity contribution is 5.97. The first-order chi connectivity index (χ1) is 9.52. The highest BCUT2D eigenvalue weighted by Gasteiger charge is 2.47. The number of amides is 2. The lowest BCUT2D eigenvalue weighted by Gasteiger charge is -2.45. The molecule has 0 aromatic rings. The molecule has 3 rings (SSSR count). The maximum atomic E-state index is 12.7. The topological polar surface area (TPSA) is 40.6 Å². The third-order valence-corrected chi connectivity index (χ3v) is 5.54. The van der Waals surface area contributed by atoms with E-state index < -0.39 is 0 Å². The number of carbonyl (C=O) groups is 2. The van der Waals surface area contributed by atoms with Crippen molar-refractivity contribution in [3.8, 4) is 0 Å². The fourth-order valence-corrected chi connectivity index (χ4v) is 4.23. The van der Waals surface area contributed by atoms with Crippen LogP contribution in [0.3, 0.4) is 0 Å². The molecule has 2 atom stereocenters. The van der Waals surface area contributed by atoms with Crippen molar-refractivity contribution in [3.63, 3.8) is 0 Å². The molecular formula is C16H26N2O2. The summed E-state index contributed by atoms with van der Waals surface area (Å²) in [5, 5.41) is 0. The van der Waals surface area contributed by atoms with Gasteiger partial charge in [0.15, 0.2) is 0 Å². The molecule has 2 saturated heterocycles. The Labute approximate surface area is 121 Å². The molecule has 4 nitrogen and oxygen atoms in total. The van der Waals surface area contributed by atoms with E-state index in [9.17, 15) is 9.59 Å². The van der Waals surface area contributed by atoms with Gasteiger partial charge in [-0.25, -0.2) is 0 Å². The molecule has 0 radical (unpaired) electrons. The summed E-state index contributed by atoms with van der Waals surface area (Å²) in [6.45, 7) is 5.73. The average molecular weight is 278 g/mol. The molecule has 1 aliphatic carbocycles. The normalized spacial score (nSPS) is 33.5. The molecule has 0 aromatic carbocycles. The molecular weight excluding hydrogens is 252 g/mol. The Balaban J connectivity index is 1.77. The van der Waals surface area contributed by atoms with Crippen LogP contribution in [0.1, 0.15) is 58.8 Å². The minimum absolute atomic E-state index is 0.159. The number of piperazine rings is 1. The van der Waals surface area contributed by atoms with Crippen molar-refractivity contribution in [1.82, 2.24) is 9.80 Å². The van der Waals surface area contributed by atoms with Gasteiger partial charge in [-0.1, -0.05) is 26.2 Å². The standard InChI is InChI=1S/C16H26N2O2/c1-12-14(19)17-10-6-7-13(17)15(20)18(12)11-16(2)8-4-3-5-9-16/h12-13H,3-11H2,1-2H3. The van der Waals surface area contributed by atoms with E-state index in [0.717, 1.165) is 25.9 Å². The molecule has 3 aliphatic rings. The summed E-state index contributed by atoms with van der Waals surface area (Å²) in [4.78, 5) is 28.9. The lowest BCUT2D eigenvalue weighted by molar-refractivity contribution is -0.160. The van der Waals surface area contributed by atoms with Crippen LogP contribution in [0.15, 0.2) is 0 Å². The second-order valence-electron chi connectivity index (χ2n) is 7.20. The van der Waals surface area contributed by atoms with Gasteiger partial charge in [-0.05, 0) is 38.0 Å². The van der Waals surface area contributed by atoms with E-state index in [2.05, 4.69) is 6.92 Å². The van der Waals surface area contributed by atoms with Crippen molar-refractivity contribution in [1.29, 1.82) is 0 Å². The largest absolute Gasteiger partial charge is 0.329 e. The second kappa shape index (κ2) is 5.05. The van der Waals surface area contributed by atoms with Crippen LogP contribution in [-0.4, -0.2) is 46.8 Å². The zero-order valence-corrected chi connectivity index (χ0v) is 12.7. The molecule has 2 heterocycles. The number of carbonyl (C=O) groups excluding carboxylic acids is 2. The van der Waals surface area contributed by atoms with E-state index in [1.807, 2.05) is 16.7 Å². The van der Waals surface area contributed by atoms with Gasteiger partial charge in [-0.2, -0.15) is 0 Å². The van der Waals surface area contributed by atoms with Crippen molar-refractivity contribution in [3.05, 3.63) is 0 Å². The van der Waals surface area contributed by atoms with E-state index in [-0.39, 0.29) is 29.3 Å². The third kappa shape index (κ3) is 2.23. The van der Waals surface area contributed by atoms with E-state index >= 15 is 0 Å². The molecule has 0 bridgehead atoms. The molecule has 0 spiro atoms. The lowest BCUT2D eigenvalue weighted by atomic mass is 9.75. The summed E-state index contributed by atoms with van der Waals surface area (Å²) in [5.41, 5.74) is 0.212. The maximum absolute atomic E-state index is 12.7. The van der Waals surface area contributed by atoms with Gasteiger partial charge < -0.3 is 9.80 Å². The van der Waals surface area contributed by atoms with Gasteiger partial charge in [0.1, 0.15) is 12.1 Å². The average Bonchev–Trinajstić information content (AvgIpc) is 2.92. The first kappa shape index (κ1) is 13.9. The first-order valence-electron chi connectivity index (χ1n) is 8.13. The van der Waals surface area contributed by atoms with Gasteiger partial charge in [0.25, 0.3) is 0 Å². The summed E-state index contributed by atoms with van der Waals surface area (Å²) in [7, 11) is 0. The van der Waals surface area contributed by atoms with Crippen molar-refractivity contribution in [2.24, 2.45) is 5.41 Å². The van der Waals surface area contributed by atoms with Gasteiger partial charge in [-0.3, -0.25) is 9.59 Å². The molecule has 0 aromatic heterocycles. The summed E-state index contributed by atoms with van der Waals surface area (Å²) in [6, 6.07) is -0.429. The van der Waals surface area contributed by atoms with Crippen LogP contribution in [0.4, 0.5) is 0 Å². The zero-order valence-electron chi connectivity index (χ0n) is 12.7. The Bertz CT molecular complexity index is 415. The molecule has 3 fully saturated rings. The van der Waals surface area contributed by atoms with E-state index in [1.165, 1.54) is 32.1 Å². The smallest absolute Gasteiger partial charge is 0.246 e. The van der Waals surface area contributed by atoms with Crippen molar-refractivity contribution >= 4 is 11.8 Å². The van der Waals surface area contributed by atoms with Crippen LogP contribution in [0.2, 0.25) is 0 Å². The monoisotopic (exact) mass is 278 g/mol. The Morgan fingerprint density at radius 2 is 1.80 bits per heavy atom. The molecule has 20 heavy (non-hydrogen) atoms. The van der Waals surface area contributed by atoms with Crippen LogP contribution in [-0.2, 0) is 9.59 Å². The lowest BCUT2D eigenvalue weighted by Crippen LogP contribution is -2.63. The summed E-state index contributed by atoms with van der Waals surface area (Å²) in [6.07, 6.45) is 8.03. The molecule has 0 N–H and O–H groups in total. The summed E-state index contributed by atoms with van der Waals surface area (Å²) in [5.74, 6) is 0.355. The van der Waals surface area contributed by atoms with E-state index in [4.69, 9.17) is 0 Å². The highest BCUT2D eigenvalue weighted by Crippen LogP contribution is 2.38. The molecule has 2 amide bonds. The van der Waals surface area contributed by atoms with Gasteiger partial charge >= 0.3 is 0 Å². The Kier molecular flexibility index (Phi) is 3.51. The minimum atomic E-state index is -0.268. The molecule has 4 heteroatoms. The van der Waals surface area contributed by atoms with Crippen LogP contribution in [0.25, 0.3) is 0 Å². The second-order valence-corrected chi connectivity index (χ2v) is 7.20. The number of fused-ring (bicyclic) bond motifs is 1. The van der Waals surface area contributed by atoms with E-state index in [0.29, 0.717) is 0 Å². The van der Waals surface area contributed by atoms with E-state index in [1.54, 1.807) is 0 Å². The molecule has 2 unspecified atom stereocenters. The van der Waals surface area contributed by atoms with Crippen LogP contribution in [0, 0.1) is 5.41 Å². The van der Waals surface area contributed by atoms with Crippen LogP contribution >= 0.6 is 0 Å². The number of hydrogen-bond donors (Lipinski definition) is 0. The van der Waals surface area contributed by atoms with Crippen LogP contribution in [0.5, 0.6) is 0 Å². The van der Waals surface area contributed by atoms with Crippen molar-refractivity contribution in [2.45, 2.75) is 70.9 Å². The Morgan fingerprint density at radius 3 is 2.50 bits per heavy atom. The summed E-state index contributed by atoms with van der Waals surface area (Å²) >= 11 is 0. The predicted molar refractivity (Wildman–Crippen MR) is 77.1 cm³/mol. The number of rotatable bonds is 2. The van der Waals surface area contributed by atoms with Gasteiger partial charge in [0, 0.05) is 13.1 Å². The molecule has 1 saturated carbocycles. The highest BCUT2D eigenvalue weighted by atomic mass is 16.2. The van der Waals surface area contributed by atoms with Gasteiger partial charge in [0.05, 0.1) is 0 Å². The number of hydrogen-bond acceptors (Lipinski definition) is 2. The predicted octanol–water partition coefficient (Wildman–Crippen LogP) is 2.18. The first-order valence-corrected chi connectivity index (χ1v) is 8.13.